The highest BCUT2D eigenvalue weighted by molar-refractivity contribution is 7.09. The number of nitrogens with zero attached hydrogens (tertiary/aromatic N) is 1. The van der Waals surface area contributed by atoms with Gasteiger partial charge in [-0.1, -0.05) is 0 Å². The first-order valence-corrected chi connectivity index (χ1v) is 6.05. The van der Waals surface area contributed by atoms with Gasteiger partial charge in [-0.2, -0.15) is 0 Å². The van der Waals surface area contributed by atoms with Crippen LogP contribution < -0.4 is 5.73 Å². The van der Waals surface area contributed by atoms with Crippen molar-refractivity contribution in [2.24, 2.45) is 5.73 Å². The highest BCUT2D eigenvalue weighted by Crippen LogP contribution is 2.12. The summed E-state index contributed by atoms with van der Waals surface area (Å²) >= 11 is 1.66. The number of aromatic nitrogens is 1. The van der Waals surface area contributed by atoms with Gasteiger partial charge in [0.1, 0.15) is 0 Å². The van der Waals surface area contributed by atoms with E-state index in [-0.39, 0.29) is 11.6 Å². The van der Waals surface area contributed by atoms with Gasteiger partial charge in [-0.15, -0.1) is 11.3 Å². The first kappa shape index (κ1) is 12.6. The Bertz CT molecular complexity index is 304. The average Bonchev–Trinajstić information content (AvgIpc) is 2.47. The van der Waals surface area contributed by atoms with Gasteiger partial charge in [0, 0.05) is 23.5 Å². The maximum atomic E-state index is 5.96. The van der Waals surface area contributed by atoms with E-state index in [2.05, 4.69) is 4.98 Å². The molecule has 1 aromatic heterocycles. The summed E-state index contributed by atoms with van der Waals surface area (Å²) in [5, 5.41) is 3.14. The van der Waals surface area contributed by atoms with E-state index < -0.39 is 0 Å². The van der Waals surface area contributed by atoms with Gasteiger partial charge in [0.05, 0.1) is 17.2 Å². The molecule has 1 unspecified atom stereocenters. The maximum Gasteiger partial charge on any atom is 0.0944 e. The maximum absolute atomic E-state index is 5.96. The first-order chi connectivity index (χ1) is 6.87. The predicted molar refractivity (Wildman–Crippen MR) is 64.2 cm³/mol. The second-order valence-corrected chi connectivity index (χ2v) is 5.71. The molecule has 0 fully saturated rings. The fourth-order valence-corrected chi connectivity index (χ4v) is 2.00. The summed E-state index contributed by atoms with van der Waals surface area (Å²) in [4.78, 5) is 4.38. The van der Waals surface area contributed by atoms with Gasteiger partial charge in [0.15, 0.2) is 0 Å². The number of hydrogen-bond donors (Lipinski definition) is 1. The topological polar surface area (TPSA) is 48.1 Å². The highest BCUT2D eigenvalue weighted by atomic mass is 32.1. The summed E-state index contributed by atoms with van der Waals surface area (Å²) in [7, 11) is 0. The van der Waals surface area contributed by atoms with Crippen molar-refractivity contribution < 1.29 is 4.74 Å². The van der Waals surface area contributed by atoms with Crippen molar-refractivity contribution in [3.05, 3.63) is 16.1 Å². The quantitative estimate of drug-likeness (QED) is 0.859. The average molecular weight is 228 g/mol. The van der Waals surface area contributed by atoms with E-state index in [1.807, 2.05) is 33.1 Å². The number of rotatable bonds is 4. The third-order valence-corrected chi connectivity index (χ3v) is 2.82. The van der Waals surface area contributed by atoms with Gasteiger partial charge in [-0.25, -0.2) is 4.98 Å². The molecule has 1 atom stereocenters. The van der Waals surface area contributed by atoms with Gasteiger partial charge in [-0.05, 0) is 27.7 Å². The van der Waals surface area contributed by atoms with Crippen molar-refractivity contribution in [2.45, 2.75) is 45.8 Å². The summed E-state index contributed by atoms with van der Waals surface area (Å²) in [6.07, 6.45) is 0.800. The second-order valence-electron chi connectivity index (χ2n) is 4.77. The number of aryl methyl sites for hydroxylation is 1. The molecule has 15 heavy (non-hydrogen) atoms. The van der Waals surface area contributed by atoms with Crippen molar-refractivity contribution >= 4 is 11.3 Å². The number of thiazole rings is 1. The van der Waals surface area contributed by atoms with Crippen LogP contribution in [-0.2, 0) is 11.2 Å². The van der Waals surface area contributed by atoms with Gasteiger partial charge in [0.25, 0.3) is 0 Å². The van der Waals surface area contributed by atoms with Gasteiger partial charge in [0.2, 0.25) is 0 Å². The van der Waals surface area contributed by atoms with Crippen LogP contribution in [0.25, 0.3) is 0 Å². The SMILES string of the molecule is Cc1csc(CC(N)COC(C)(C)C)n1. The molecule has 3 nitrogen and oxygen atoms in total. The van der Waals surface area contributed by atoms with E-state index >= 15 is 0 Å². The molecule has 0 spiro atoms. The van der Waals surface area contributed by atoms with E-state index in [0.717, 1.165) is 17.1 Å². The lowest BCUT2D eigenvalue weighted by Gasteiger charge is -2.22. The Kier molecular flexibility index (Phi) is 4.25. The zero-order chi connectivity index (χ0) is 11.5. The fourth-order valence-electron chi connectivity index (χ4n) is 1.14. The van der Waals surface area contributed by atoms with Crippen LogP contribution >= 0.6 is 11.3 Å². The largest absolute Gasteiger partial charge is 0.374 e. The molecule has 1 rings (SSSR count). The Morgan fingerprint density at radius 1 is 1.53 bits per heavy atom. The van der Waals surface area contributed by atoms with Gasteiger partial charge >= 0.3 is 0 Å². The number of nitrogens with two attached hydrogens (primary N) is 1. The zero-order valence-electron chi connectivity index (χ0n) is 9.91. The molecule has 0 aliphatic carbocycles. The summed E-state index contributed by atoms with van der Waals surface area (Å²) in [6.45, 7) is 8.69. The fraction of sp³-hybridized carbons (Fsp3) is 0.727. The Labute approximate surface area is 95.7 Å². The molecular weight excluding hydrogens is 208 g/mol. The Morgan fingerprint density at radius 3 is 2.67 bits per heavy atom. The third-order valence-electron chi connectivity index (χ3n) is 1.83. The molecule has 1 aromatic rings. The number of hydrogen-bond acceptors (Lipinski definition) is 4. The molecule has 0 bridgehead atoms. The van der Waals surface area contributed by atoms with E-state index in [4.69, 9.17) is 10.5 Å². The van der Waals surface area contributed by atoms with Crippen molar-refractivity contribution in [1.29, 1.82) is 0 Å². The second kappa shape index (κ2) is 5.05. The predicted octanol–water partition coefficient (Wildman–Crippen LogP) is 2.14. The molecule has 4 heteroatoms. The molecule has 0 aromatic carbocycles. The summed E-state index contributed by atoms with van der Waals surface area (Å²) in [5.74, 6) is 0. The highest BCUT2D eigenvalue weighted by Gasteiger charge is 2.14. The molecule has 0 radical (unpaired) electrons. The van der Waals surface area contributed by atoms with E-state index in [1.54, 1.807) is 11.3 Å². The Hall–Kier alpha value is -0.450. The molecular formula is C11H20N2OS. The monoisotopic (exact) mass is 228 g/mol. The zero-order valence-corrected chi connectivity index (χ0v) is 10.7. The van der Waals surface area contributed by atoms with Gasteiger partial charge < -0.3 is 10.5 Å². The third kappa shape index (κ3) is 5.25. The standard InChI is InChI=1S/C11H20N2OS/c1-8-7-15-10(13-8)5-9(12)6-14-11(2,3)4/h7,9H,5-6,12H2,1-4H3. The summed E-state index contributed by atoms with van der Waals surface area (Å²) < 4.78 is 5.62. The molecule has 1 heterocycles. The van der Waals surface area contributed by atoms with Crippen LogP contribution in [0.4, 0.5) is 0 Å². The van der Waals surface area contributed by atoms with Crippen molar-refractivity contribution in [1.82, 2.24) is 4.98 Å². The molecule has 0 saturated carbocycles. The minimum absolute atomic E-state index is 0.0368. The first-order valence-electron chi connectivity index (χ1n) is 5.17. The van der Waals surface area contributed by atoms with Crippen LogP contribution in [-0.4, -0.2) is 23.2 Å². The number of ether oxygens (including phenoxy) is 1. The normalized spacial score (nSPS) is 14.2. The molecule has 0 saturated heterocycles. The summed E-state index contributed by atoms with van der Waals surface area (Å²) in [5.41, 5.74) is 6.92. The lowest BCUT2D eigenvalue weighted by Crippen LogP contribution is -2.33. The van der Waals surface area contributed by atoms with Crippen LogP contribution in [0, 0.1) is 6.92 Å². The molecule has 0 amide bonds. The molecule has 0 aliphatic rings. The van der Waals surface area contributed by atoms with E-state index in [1.165, 1.54) is 0 Å². The minimum atomic E-state index is -0.115. The molecule has 86 valence electrons. The van der Waals surface area contributed by atoms with Crippen LogP contribution in [0.15, 0.2) is 5.38 Å². The van der Waals surface area contributed by atoms with Gasteiger partial charge in [-0.3, -0.25) is 0 Å². The minimum Gasteiger partial charge on any atom is -0.374 e. The smallest absolute Gasteiger partial charge is 0.0944 e. The summed E-state index contributed by atoms with van der Waals surface area (Å²) in [6, 6.07) is 0.0368. The van der Waals surface area contributed by atoms with Crippen molar-refractivity contribution in [3.63, 3.8) is 0 Å². The van der Waals surface area contributed by atoms with Crippen LogP contribution in [0.2, 0.25) is 0 Å². The molecule has 0 aliphatic heterocycles. The van der Waals surface area contributed by atoms with Crippen molar-refractivity contribution in [2.75, 3.05) is 6.61 Å². The van der Waals surface area contributed by atoms with E-state index in [0.29, 0.717) is 6.61 Å². The van der Waals surface area contributed by atoms with Crippen LogP contribution in [0.3, 0.4) is 0 Å². The van der Waals surface area contributed by atoms with Crippen LogP contribution in [0.5, 0.6) is 0 Å². The van der Waals surface area contributed by atoms with Crippen LogP contribution in [0.1, 0.15) is 31.5 Å². The lowest BCUT2D eigenvalue weighted by atomic mass is 10.2. The lowest BCUT2D eigenvalue weighted by molar-refractivity contribution is -0.00983. The van der Waals surface area contributed by atoms with Crippen molar-refractivity contribution in [3.8, 4) is 0 Å². The van der Waals surface area contributed by atoms with E-state index in [9.17, 15) is 0 Å². The Morgan fingerprint density at radius 2 is 2.20 bits per heavy atom. The Balaban J connectivity index is 2.33. The molecule has 2 N–H and O–H groups in total.